The van der Waals surface area contributed by atoms with Crippen molar-refractivity contribution in [2.75, 3.05) is 41.4 Å². The normalized spacial score (nSPS) is 21.1. The van der Waals surface area contributed by atoms with Crippen LogP contribution < -0.4 is 15.5 Å². The van der Waals surface area contributed by atoms with Gasteiger partial charge in [-0.25, -0.2) is 14.4 Å². The number of nitrogens with zero attached hydrogens (tertiary/aromatic N) is 5. The second-order valence-corrected chi connectivity index (χ2v) is 11.3. The maximum absolute atomic E-state index is 14.6. The highest BCUT2D eigenvalue weighted by molar-refractivity contribution is 7.99. The quantitative estimate of drug-likeness (QED) is 0.423. The Morgan fingerprint density at radius 1 is 1.05 bits per heavy atom. The van der Waals surface area contributed by atoms with Crippen molar-refractivity contribution >= 4 is 35.0 Å². The molecule has 2 bridgehead atoms. The second kappa shape index (κ2) is 11.2. The van der Waals surface area contributed by atoms with Crippen LogP contribution in [0.3, 0.4) is 0 Å². The minimum absolute atomic E-state index is 0.0749. The van der Waals surface area contributed by atoms with Crippen molar-refractivity contribution in [3.63, 3.8) is 0 Å². The fraction of sp³-hybridized carbons (Fsp3) is 0.379. The van der Waals surface area contributed by atoms with Gasteiger partial charge in [-0.2, -0.15) is 17.0 Å². The molecule has 8 nitrogen and oxygen atoms in total. The Morgan fingerprint density at radius 3 is 2.44 bits per heavy atom. The molecule has 10 heteroatoms. The summed E-state index contributed by atoms with van der Waals surface area (Å²) in [5, 5.41) is 14.3. The molecule has 3 saturated heterocycles. The summed E-state index contributed by atoms with van der Waals surface area (Å²) in [7, 11) is 0. The molecule has 0 aliphatic carbocycles. The maximum atomic E-state index is 14.6. The van der Waals surface area contributed by atoms with Crippen LogP contribution in [0.25, 0.3) is 11.3 Å². The highest BCUT2D eigenvalue weighted by atomic mass is 32.2. The number of nitrogens with one attached hydrogen (secondary N) is 2. The van der Waals surface area contributed by atoms with E-state index in [2.05, 4.69) is 54.3 Å². The molecule has 2 atom stereocenters. The second-order valence-electron chi connectivity index (χ2n) is 10.2. The van der Waals surface area contributed by atoms with Gasteiger partial charge < -0.3 is 15.5 Å². The van der Waals surface area contributed by atoms with Crippen LogP contribution in [0.2, 0.25) is 0 Å². The first-order valence-corrected chi connectivity index (χ1v) is 14.5. The first-order valence-electron chi connectivity index (χ1n) is 13.3. The maximum Gasteiger partial charge on any atom is 0.252 e. The van der Waals surface area contributed by atoms with E-state index < -0.39 is 5.82 Å². The number of rotatable bonds is 7. The Morgan fingerprint density at radius 2 is 1.77 bits per heavy atom. The third kappa shape index (κ3) is 5.42. The van der Waals surface area contributed by atoms with E-state index in [4.69, 9.17) is 5.26 Å². The van der Waals surface area contributed by atoms with Crippen LogP contribution in [0.15, 0.2) is 54.7 Å². The number of carbonyl (C=O) groups excluding carboxylic acids is 1. The number of benzene rings is 2. The van der Waals surface area contributed by atoms with Crippen molar-refractivity contribution in [2.24, 2.45) is 0 Å². The van der Waals surface area contributed by atoms with Gasteiger partial charge in [-0.3, -0.25) is 9.69 Å². The molecule has 1 amide bonds. The zero-order chi connectivity index (χ0) is 26.8. The molecular formula is C29H30FN7OS. The molecule has 1 unspecified atom stereocenters. The third-order valence-electron chi connectivity index (χ3n) is 7.88. The Balaban J connectivity index is 1.07. The van der Waals surface area contributed by atoms with Crippen molar-refractivity contribution in [2.45, 2.75) is 37.4 Å². The lowest BCUT2D eigenvalue weighted by atomic mass is 9.88. The number of nitriles is 1. The standard InChI is InChI=1S/C29H30FN7OS/c30-26-16-33-29(35-27(26)19-1-3-20(4-2-19)28(38)32-12-11-31)34-21-5-7-22(8-6-21)36-13-9-23(10-14-36)37-24-15-25(37)18-39-17-24/h1-8,16,23-25H,9-10,12-15,17-18H2,(H,32,38)(H,33,34,35)/t24-,25?/m0/s1. The van der Waals surface area contributed by atoms with Crippen LogP contribution in [0.1, 0.15) is 29.6 Å². The highest BCUT2D eigenvalue weighted by Gasteiger charge is 2.45. The molecule has 0 spiro atoms. The molecule has 6 rings (SSSR count). The molecule has 1 aromatic heterocycles. The van der Waals surface area contributed by atoms with Crippen LogP contribution >= 0.6 is 11.8 Å². The Kier molecular flexibility index (Phi) is 7.35. The molecule has 0 radical (unpaired) electrons. The first-order chi connectivity index (χ1) is 19.1. The molecule has 39 heavy (non-hydrogen) atoms. The summed E-state index contributed by atoms with van der Waals surface area (Å²) in [6, 6.07) is 18.8. The average Bonchev–Trinajstić information content (AvgIpc) is 2.98. The minimum Gasteiger partial charge on any atom is -0.371 e. The van der Waals surface area contributed by atoms with Gasteiger partial charge in [0.25, 0.3) is 5.91 Å². The van der Waals surface area contributed by atoms with Gasteiger partial charge in [0.2, 0.25) is 5.95 Å². The van der Waals surface area contributed by atoms with Crippen molar-refractivity contribution in [3.05, 3.63) is 66.1 Å². The smallest absolute Gasteiger partial charge is 0.252 e. The van der Waals surface area contributed by atoms with E-state index in [1.807, 2.05) is 18.2 Å². The number of carbonyl (C=O) groups is 1. The van der Waals surface area contributed by atoms with Gasteiger partial charge in [-0.1, -0.05) is 12.1 Å². The van der Waals surface area contributed by atoms with Crippen LogP contribution in [0.5, 0.6) is 0 Å². The molecule has 200 valence electrons. The fourth-order valence-corrected chi connectivity index (χ4v) is 7.20. The lowest BCUT2D eigenvalue weighted by Gasteiger charge is -2.57. The number of halogens is 1. The molecular weight excluding hydrogens is 513 g/mol. The van der Waals surface area contributed by atoms with Crippen molar-refractivity contribution < 1.29 is 9.18 Å². The zero-order valence-corrected chi connectivity index (χ0v) is 22.3. The van der Waals surface area contributed by atoms with Gasteiger partial charge in [0.05, 0.1) is 12.3 Å². The van der Waals surface area contributed by atoms with E-state index in [9.17, 15) is 9.18 Å². The number of anilines is 3. The molecule has 2 N–H and O–H groups in total. The summed E-state index contributed by atoms with van der Waals surface area (Å²) in [6.07, 6.45) is 4.97. The molecule has 3 fully saturated rings. The van der Waals surface area contributed by atoms with E-state index >= 15 is 0 Å². The largest absolute Gasteiger partial charge is 0.371 e. The van der Waals surface area contributed by atoms with Crippen molar-refractivity contribution in [3.8, 4) is 17.3 Å². The van der Waals surface area contributed by atoms with E-state index in [-0.39, 0.29) is 24.1 Å². The number of fused-ring (bicyclic) bond motifs is 2. The fourth-order valence-electron chi connectivity index (χ4n) is 5.90. The molecule has 3 aliphatic heterocycles. The van der Waals surface area contributed by atoms with Crippen LogP contribution in [-0.2, 0) is 0 Å². The topological polar surface area (TPSA) is 97.2 Å². The number of hydrogen-bond acceptors (Lipinski definition) is 8. The summed E-state index contributed by atoms with van der Waals surface area (Å²) in [6.45, 7) is 2.07. The summed E-state index contributed by atoms with van der Waals surface area (Å²) < 4.78 is 14.6. The van der Waals surface area contributed by atoms with Gasteiger partial charge >= 0.3 is 0 Å². The Labute approximate surface area is 231 Å². The molecule has 4 heterocycles. The number of hydrogen-bond donors (Lipinski definition) is 2. The Hall–Kier alpha value is -3.68. The molecule has 2 aromatic carbocycles. The van der Waals surface area contributed by atoms with E-state index in [1.165, 1.54) is 36.5 Å². The number of amides is 1. The average molecular weight is 544 g/mol. The molecule has 3 aromatic rings. The lowest BCUT2D eigenvalue weighted by Crippen LogP contribution is -2.66. The Bertz CT molecular complexity index is 1360. The van der Waals surface area contributed by atoms with Crippen molar-refractivity contribution in [1.82, 2.24) is 20.2 Å². The number of thioether (sulfide) groups is 1. The summed E-state index contributed by atoms with van der Waals surface area (Å²) >= 11 is 2.12. The van der Waals surface area contributed by atoms with E-state index in [0.717, 1.165) is 43.1 Å². The minimum atomic E-state index is -0.554. The van der Waals surface area contributed by atoms with Crippen LogP contribution in [-0.4, -0.2) is 70.0 Å². The molecule has 0 saturated carbocycles. The van der Waals surface area contributed by atoms with Gasteiger partial charge in [0.15, 0.2) is 5.82 Å². The molecule has 3 aliphatic rings. The lowest BCUT2D eigenvalue weighted by molar-refractivity contribution is -0.0152. The van der Waals surface area contributed by atoms with Gasteiger partial charge in [-0.15, -0.1) is 0 Å². The predicted octanol–water partition coefficient (Wildman–Crippen LogP) is 4.44. The summed E-state index contributed by atoms with van der Waals surface area (Å²) in [5.74, 6) is 1.98. The number of aromatic nitrogens is 2. The summed E-state index contributed by atoms with van der Waals surface area (Å²) in [4.78, 5) is 25.8. The third-order valence-corrected chi connectivity index (χ3v) is 9.12. The van der Waals surface area contributed by atoms with E-state index in [0.29, 0.717) is 11.1 Å². The summed E-state index contributed by atoms with van der Waals surface area (Å²) in [5.41, 5.74) is 3.07. The van der Waals surface area contributed by atoms with Crippen molar-refractivity contribution in [1.29, 1.82) is 5.26 Å². The zero-order valence-electron chi connectivity index (χ0n) is 21.5. The van der Waals surface area contributed by atoms with Gasteiger partial charge in [0.1, 0.15) is 12.2 Å². The van der Waals surface area contributed by atoms with Gasteiger partial charge in [0, 0.05) is 65.2 Å². The van der Waals surface area contributed by atoms with Crippen LogP contribution in [0, 0.1) is 17.1 Å². The van der Waals surface area contributed by atoms with E-state index in [1.54, 1.807) is 24.3 Å². The number of piperidine rings is 1. The first kappa shape index (κ1) is 25.6. The van der Waals surface area contributed by atoms with Gasteiger partial charge in [-0.05, 0) is 55.7 Å². The predicted molar refractivity (Wildman–Crippen MR) is 152 cm³/mol. The SMILES string of the molecule is N#CCNC(=O)c1ccc(-c2nc(Nc3ccc(N4CCC(N5C6CSC[C@@H]5C6)CC4)cc3)ncc2F)cc1. The van der Waals surface area contributed by atoms with Crippen LogP contribution in [0.4, 0.5) is 21.7 Å². The monoisotopic (exact) mass is 543 g/mol. The highest BCUT2D eigenvalue weighted by Crippen LogP contribution is 2.40.